The van der Waals surface area contributed by atoms with Crippen LogP contribution in [0.3, 0.4) is 0 Å². The van der Waals surface area contributed by atoms with Crippen molar-refractivity contribution in [2.45, 2.75) is 11.4 Å². The lowest BCUT2D eigenvalue weighted by atomic mass is 10.9. The molecule has 0 spiro atoms. The van der Waals surface area contributed by atoms with Gasteiger partial charge in [0.05, 0.1) is 5.88 Å². The Labute approximate surface area is 90.5 Å². The Morgan fingerprint density at radius 1 is 1.75 bits per heavy atom. The van der Waals surface area contributed by atoms with Crippen molar-refractivity contribution in [1.82, 2.24) is 0 Å². The Balaban J connectivity index is 4.44. The Bertz CT molecular complexity index is 226. The maximum absolute atomic E-state index is 11.1. The van der Waals surface area contributed by atoms with Gasteiger partial charge in [-0.1, -0.05) is 35.4 Å². The predicted molar refractivity (Wildman–Crippen MR) is 54.3 cm³/mol. The molecule has 1 atom stereocenters. The van der Waals surface area contributed by atoms with E-state index in [9.17, 15) is 4.57 Å². The minimum Gasteiger partial charge on any atom is -0.320 e. The van der Waals surface area contributed by atoms with Crippen molar-refractivity contribution >= 4 is 59.2 Å². The first kappa shape index (κ1) is 13.1. The number of hydrogen-bond donors (Lipinski definition) is 1. The average Bonchev–Trinajstić information content (AvgIpc) is 1.80. The van der Waals surface area contributed by atoms with E-state index >= 15 is 0 Å². The lowest BCUT2D eigenvalue weighted by Crippen LogP contribution is -2.14. The maximum atomic E-state index is 11.1. The molecule has 72 valence electrons. The molecule has 3 nitrogen and oxygen atoms in total. The monoisotopic (exact) mass is 270 g/mol. The molecule has 8 heteroatoms. The number of halogens is 3. The van der Waals surface area contributed by atoms with Crippen molar-refractivity contribution in [2.75, 3.05) is 5.88 Å². The van der Waals surface area contributed by atoms with Gasteiger partial charge < -0.3 is 4.89 Å². The molecular formula is C4H6Cl3O3PS. The van der Waals surface area contributed by atoms with E-state index in [0.717, 1.165) is 0 Å². The molecule has 0 aliphatic heterocycles. The summed E-state index contributed by atoms with van der Waals surface area (Å²) in [6, 6.07) is 0. The molecule has 0 heterocycles. The van der Waals surface area contributed by atoms with Crippen LogP contribution in [0.4, 0.5) is 0 Å². The van der Waals surface area contributed by atoms with Crippen molar-refractivity contribution in [3.8, 4) is 0 Å². The molecule has 0 radical (unpaired) electrons. The topological polar surface area (TPSA) is 46.5 Å². The van der Waals surface area contributed by atoms with Gasteiger partial charge in [-0.25, -0.2) is 0 Å². The first-order valence-corrected chi connectivity index (χ1v) is 5.97. The molecule has 1 N–H and O–H groups in total. The molecule has 0 aromatic heterocycles. The van der Waals surface area contributed by atoms with Crippen LogP contribution in [-0.4, -0.2) is 19.9 Å². The van der Waals surface area contributed by atoms with Crippen molar-refractivity contribution in [2.24, 2.45) is 0 Å². The second kappa shape index (κ2) is 4.56. The Morgan fingerprint density at radius 3 is 2.42 bits per heavy atom. The van der Waals surface area contributed by atoms with Crippen molar-refractivity contribution < 1.29 is 14.0 Å². The summed E-state index contributed by atoms with van der Waals surface area (Å²) in [4.78, 5) is 9.06. The standard InChI is InChI=1S/C4H6Cl3O3PS/c1-4(6,7)10-11(8,9)3(12)2-5/h2H2,1H3,(H,8,9). The Morgan fingerprint density at radius 2 is 2.17 bits per heavy atom. The molecule has 0 saturated heterocycles. The number of rotatable bonds is 4. The van der Waals surface area contributed by atoms with E-state index in [1.165, 1.54) is 6.92 Å². The SMILES string of the molecule is CC(Cl)(Cl)OP(=O)(O)C(=S)CCl. The van der Waals surface area contributed by atoms with Crippen molar-refractivity contribution in [3.63, 3.8) is 0 Å². The summed E-state index contributed by atoms with van der Waals surface area (Å²) in [6.07, 6.45) is 0. The van der Waals surface area contributed by atoms with Crippen molar-refractivity contribution in [3.05, 3.63) is 0 Å². The van der Waals surface area contributed by atoms with E-state index < -0.39 is 12.1 Å². The van der Waals surface area contributed by atoms with E-state index in [2.05, 4.69) is 16.7 Å². The van der Waals surface area contributed by atoms with Crippen LogP contribution in [0.1, 0.15) is 6.92 Å². The van der Waals surface area contributed by atoms with Crippen LogP contribution in [0.15, 0.2) is 0 Å². The normalized spacial score (nSPS) is 17.1. The summed E-state index contributed by atoms with van der Waals surface area (Å²) in [6.45, 7) is 1.20. The zero-order chi connectivity index (χ0) is 9.99. The van der Waals surface area contributed by atoms with Crippen LogP contribution >= 0.6 is 54.6 Å². The van der Waals surface area contributed by atoms with Gasteiger partial charge in [0.1, 0.15) is 4.61 Å². The molecule has 0 bridgehead atoms. The molecule has 0 aromatic carbocycles. The van der Waals surface area contributed by atoms with Crippen molar-refractivity contribution in [1.29, 1.82) is 0 Å². The second-order valence-electron chi connectivity index (χ2n) is 1.95. The smallest absolute Gasteiger partial charge is 0.320 e. The molecule has 12 heavy (non-hydrogen) atoms. The summed E-state index contributed by atoms with van der Waals surface area (Å²) in [5.74, 6) is -0.257. The quantitative estimate of drug-likeness (QED) is 0.485. The van der Waals surface area contributed by atoms with Crippen LogP contribution in [0.2, 0.25) is 0 Å². The van der Waals surface area contributed by atoms with E-state index in [1.54, 1.807) is 0 Å². The van der Waals surface area contributed by atoms with Gasteiger partial charge in [0.25, 0.3) is 0 Å². The van der Waals surface area contributed by atoms with Crippen LogP contribution in [0, 0.1) is 0 Å². The largest absolute Gasteiger partial charge is 0.369 e. The van der Waals surface area contributed by atoms with E-state index in [0.29, 0.717) is 0 Å². The number of thiocarbonyl (C=S) groups is 1. The van der Waals surface area contributed by atoms with Crippen LogP contribution in [0.25, 0.3) is 0 Å². The molecule has 0 aliphatic rings. The van der Waals surface area contributed by atoms with Gasteiger partial charge in [-0.05, 0) is 6.92 Å². The van der Waals surface area contributed by atoms with Gasteiger partial charge in [-0.15, -0.1) is 11.6 Å². The summed E-state index contributed by atoms with van der Waals surface area (Å²) in [7, 11) is -4.07. The highest BCUT2D eigenvalue weighted by molar-refractivity contribution is 7.97. The fourth-order valence-electron chi connectivity index (χ4n) is 0.344. The van der Waals surface area contributed by atoms with Crippen LogP contribution < -0.4 is 0 Å². The third-order valence-corrected chi connectivity index (χ3v) is 3.93. The highest BCUT2D eigenvalue weighted by Gasteiger charge is 2.34. The number of alkyl halides is 3. The summed E-state index contributed by atoms with van der Waals surface area (Å²) >= 11 is 20.4. The fraction of sp³-hybridized carbons (Fsp3) is 0.750. The zero-order valence-corrected chi connectivity index (χ0v) is 9.94. The summed E-state index contributed by atoms with van der Waals surface area (Å²) in [5, 5.41) is 0. The zero-order valence-electron chi connectivity index (χ0n) is 5.96. The van der Waals surface area contributed by atoms with Crippen LogP contribution in [-0.2, 0) is 9.09 Å². The van der Waals surface area contributed by atoms with E-state index in [1.807, 2.05) is 0 Å². The second-order valence-corrected chi connectivity index (χ2v) is 6.41. The van der Waals surface area contributed by atoms with Gasteiger partial charge in [0.15, 0.2) is 0 Å². The Kier molecular flexibility index (Phi) is 4.98. The molecule has 1 unspecified atom stereocenters. The highest BCUT2D eigenvalue weighted by Crippen LogP contribution is 2.50. The average molecular weight is 271 g/mol. The maximum Gasteiger partial charge on any atom is 0.369 e. The number of hydrogen-bond acceptors (Lipinski definition) is 3. The Hall–Kier alpha value is 1.11. The van der Waals surface area contributed by atoms with E-state index in [-0.39, 0.29) is 10.5 Å². The molecule has 0 fully saturated rings. The van der Waals surface area contributed by atoms with Gasteiger partial charge in [0.2, 0.25) is 4.52 Å². The van der Waals surface area contributed by atoms with Gasteiger partial charge in [0, 0.05) is 0 Å². The molecular weight excluding hydrogens is 265 g/mol. The minimum atomic E-state index is -4.07. The predicted octanol–water partition coefficient (Wildman–Crippen LogP) is 2.91. The fourth-order valence-corrected chi connectivity index (χ4v) is 2.16. The molecule has 0 aromatic rings. The van der Waals surface area contributed by atoms with Crippen LogP contribution in [0.5, 0.6) is 0 Å². The molecule has 0 saturated carbocycles. The molecule has 0 aliphatic carbocycles. The van der Waals surface area contributed by atoms with Gasteiger partial charge in [-0.3, -0.25) is 9.09 Å². The first-order chi connectivity index (χ1) is 5.19. The highest BCUT2D eigenvalue weighted by atomic mass is 35.5. The summed E-state index contributed by atoms with van der Waals surface area (Å²) in [5.41, 5.74) is 0. The summed E-state index contributed by atoms with van der Waals surface area (Å²) < 4.78 is 13.4. The third kappa shape index (κ3) is 4.97. The third-order valence-electron chi connectivity index (χ3n) is 0.714. The molecule has 0 amide bonds. The lowest BCUT2D eigenvalue weighted by Gasteiger charge is -2.18. The van der Waals surface area contributed by atoms with E-state index in [4.69, 9.17) is 39.7 Å². The lowest BCUT2D eigenvalue weighted by molar-refractivity contribution is 0.230. The molecule has 0 rings (SSSR count). The first-order valence-electron chi connectivity index (χ1n) is 2.70. The van der Waals surface area contributed by atoms with Gasteiger partial charge in [-0.2, -0.15) is 0 Å². The minimum absolute atomic E-state index is 0.257. The van der Waals surface area contributed by atoms with Gasteiger partial charge >= 0.3 is 7.60 Å².